The lowest BCUT2D eigenvalue weighted by molar-refractivity contribution is -0.141. The molecule has 0 saturated heterocycles. The Kier molecular flexibility index (Phi) is 1.88. The van der Waals surface area contributed by atoms with Gasteiger partial charge in [-0.05, 0) is 12.8 Å². The molecule has 0 aromatic heterocycles. The van der Waals surface area contributed by atoms with Gasteiger partial charge in [0.2, 0.25) is 0 Å². The summed E-state index contributed by atoms with van der Waals surface area (Å²) in [5, 5.41) is 18.0. The molecule has 2 atom stereocenters. The quantitative estimate of drug-likeness (QED) is 0.532. The molecule has 3 nitrogen and oxygen atoms in total. The molecular weight excluding hydrogens is 144 g/mol. The van der Waals surface area contributed by atoms with Crippen LogP contribution in [0.15, 0.2) is 0 Å². The second-order valence-electron chi connectivity index (χ2n) is 2.95. The van der Waals surface area contributed by atoms with Gasteiger partial charge in [-0.15, -0.1) is 6.42 Å². The number of hydrogen-bond acceptors (Lipinski definition) is 2. The molecule has 0 aromatic rings. The van der Waals surface area contributed by atoms with Crippen LogP contribution in [0, 0.1) is 18.3 Å². The van der Waals surface area contributed by atoms with Crippen LogP contribution in [-0.2, 0) is 4.79 Å². The standard InChI is InChI=1S/C8H10O3/c1-2-8(11)4-3-6(5-8)7(9)10/h1,6,11H,3-5H2,(H,9,10)/t6-,8+/m1/s1. The van der Waals surface area contributed by atoms with E-state index in [-0.39, 0.29) is 6.42 Å². The summed E-state index contributed by atoms with van der Waals surface area (Å²) in [7, 11) is 0. The fourth-order valence-electron chi connectivity index (χ4n) is 1.37. The molecule has 0 bridgehead atoms. The fourth-order valence-corrected chi connectivity index (χ4v) is 1.37. The van der Waals surface area contributed by atoms with Crippen LogP contribution >= 0.6 is 0 Å². The molecule has 0 aliphatic heterocycles. The van der Waals surface area contributed by atoms with E-state index in [1.807, 2.05) is 0 Å². The molecule has 1 fully saturated rings. The van der Waals surface area contributed by atoms with Gasteiger partial charge in [-0.3, -0.25) is 4.79 Å². The highest BCUT2D eigenvalue weighted by Gasteiger charge is 2.38. The van der Waals surface area contributed by atoms with E-state index in [1.165, 1.54) is 0 Å². The maximum absolute atomic E-state index is 10.4. The summed E-state index contributed by atoms with van der Waals surface area (Å²) in [4.78, 5) is 10.4. The first-order valence-electron chi connectivity index (χ1n) is 3.50. The molecule has 11 heavy (non-hydrogen) atoms. The van der Waals surface area contributed by atoms with Crippen LogP contribution in [0.4, 0.5) is 0 Å². The van der Waals surface area contributed by atoms with Crippen LogP contribution in [-0.4, -0.2) is 21.8 Å². The van der Waals surface area contributed by atoms with Crippen molar-refractivity contribution in [3.8, 4) is 12.3 Å². The summed E-state index contributed by atoms with van der Waals surface area (Å²) in [6.07, 6.45) is 6.12. The zero-order valence-corrected chi connectivity index (χ0v) is 6.08. The summed E-state index contributed by atoms with van der Waals surface area (Å²) in [5.41, 5.74) is -1.16. The molecule has 0 radical (unpaired) electrons. The second-order valence-corrected chi connectivity index (χ2v) is 2.95. The molecule has 0 spiro atoms. The molecule has 1 aliphatic rings. The molecule has 1 saturated carbocycles. The Hall–Kier alpha value is -1.01. The van der Waals surface area contributed by atoms with Crippen molar-refractivity contribution in [3.05, 3.63) is 0 Å². The average molecular weight is 154 g/mol. The molecule has 0 heterocycles. The van der Waals surface area contributed by atoms with Gasteiger partial charge in [-0.1, -0.05) is 5.92 Å². The Morgan fingerprint density at radius 1 is 1.73 bits per heavy atom. The van der Waals surface area contributed by atoms with Crippen molar-refractivity contribution in [1.29, 1.82) is 0 Å². The normalized spacial score (nSPS) is 36.5. The number of carbonyl (C=O) groups is 1. The molecule has 60 valence electrons. The number of hydrogen-bond donors (Lipinski definition) is 2. The van der Waals surface area contributed by atoms with E-state index in [0.29, 0.717) is 12.8 Å². The highest BCUT2D eigenvalue weighted by molar-refractivity contribution is 5.70. The lowest BCUT2D eigenvalue weighted by Crippen LogP contribution is -2.23. The summed E-state index contributed by atoms with van der Waals surface area (Å²) in [6, 6.07) is 0. The topological polar surface area (TPSA) is 57.5 Å². The average Bonchev–Trinajstić information content (AvgIpc) is 2.33. The Labute approximate surface area is 65.0 Å². The van der Waals surface area contributed by atoms with Crippen molar-refractivity contribution in [2.45, 2.75) is 24.9 Å². The minimum absolute atomic E-state index is 0.193. The summed E-state index contributed by atoms with van der Waals surface area (Å²) >= 11 is 0. The van der Waals surface area contributed by atoms with Crippen LogP contribution in [0.2, 0.25) is 0 Å². The third-order valence-electron chi connectivity index (χ3n) is 2.11. The van der Waals surface area contributed by atoms with Crippen molar-refractivity contribution in [2.24, 2.45) is 5.92 Å². The van der Waals surface area contributed by atoms with Gasteiger partial charge in [-0.25, -0.2) is 0 Å². The maximum Gasteiger partial charge on any atom is 0.306 e. The Bertz CT molecular complexity index is 216. The van der Waals surface area contributed by atoms with Crippen LogP contribution in [0.5, 0.6) is 0 Å². The monoisotopic (exact) mass is 154 g/mol. The summed E-state index contributed by atoms with van der Waals surface area (Å²) < 4.78 is 0. The van der Waals surface area contributed by atoms with E-state index >= 15 is 0 Å². The van der Waals surface area contributed by atoms with Crippen LogP contribution in [0.3, 0.4) is 0 Å². The lowest BCUT2D eigenvalue weighted by Gasteiger charge is -2.12. The van der Waals surface area contributed by atoms with Gasteiger partial charge in [0, 0.05) is 6.42 Å². The smallest absolute Gasteiger partial charge is 0.306 e. The molecule has 0 unspecified atom stereocenters. The largest absolute Gasteiger partial charge is 0.481 e. The van der Waals surface area contributed by atoms with Crippen molar-refractivity contribution < 1.29 is 15.0 Å². The minimum atomic E-state index is -1.16. The van der Waals surface area contributed by atoms with Gasteiger partial charge in [0.15, 0.2) is 0 Å². The summed E-state index contributed by atoms with van der Waals surface area (Å²) in [5.74, 6) is 0.891. The van der Waals surface area contributed by atoms with E-state index in [9.17, 15) is 9.90 Å². The fraction of sp³-hybridized carbons (Fsp3) is 0.625. The number of carboxylic acid groups (broad SMARTS) is 1. The second kappa shape index (κ2) is 2.55. The predicted octanol–water partition coefficient (Wildman–Crippen LogP) is 0.235. The third-order valence-corrected chi connectivity index (χ3v) is 2.11. The zero-order valence-electron chi connectivity index (χ0n) is 6.08. The molecule has 0 amide bonds. The van der Waals surface area contributed by atoms with Crippen molar-refractivity contribution in [3.63, 3.8) is 0 Å². The van der Waals surface area contributed by atoms with Crippen molar-refractivity contribution in [2.75, 3.05) is 0 Å². The van der Waals surface area contributed by atoms with Gasteiger partial charge in [0.1, 0.15) is 5.60 Å². The van der Waals surface area contributed by atoms with Gasteiger partial charge in [0.05, 0.1) is 5.92 Å². The van der Waals surface area contributed by atoms with Gasteiger partial charge in [-0.2, -0.15) is 0 Å². The SMILES string of the molecule is C#C[C@]1(O)CC[C@@H](C(=O)O)C1. The molecule has 0 aromatic carbocycles. The lowest BCUT2D eigenvalue weighted by atomic mass is 10.0. The first-order chi connectivity index (χ1) is 5.07. The molecule has 1 rings (SSSR count). The van der Waals surface area contributed by atoms with E-state index < -0.39 is 17.5 Å². The minimum Gasteiger partial charge on any atom is -0.481 e. The first kappa shape index (κ1) is 8.09. The van der Waals surface area contributed by atoms with Crippen molar-refractivity contribution in [1.82, 2.24) is 0 Å². The number of carboxylic acids is 1. The number of aliphatic carboxylic acids is 1. The van der Waals surface area contributed by atoms with Crippen molar-refractivity contribution >= 4 is 5.97 Å². The van der Waals surface area contributed by atoms with E-state index in [1.54, 1.807) is 0 Å². The first-order valence-corrected chi connectivity index (χ1v) is 3.50. The van der Waals surface area contributed by atoms with E-state index in [0.717, 1.165) is 0 Å². The van der Waals surface area contributed by atoms with Crippen LogP contribution in [0.1, 0.15) is 19.3 Å². The van der Waals surface area contributed by atoms with E-state index in [2.05, 4.69) is 5.92 Å². The highest BCUT2D eigenvalue weighted by Crippen LogP contribution is 2.33. The molecular formula is C8H10O3. The number of terminal acetylenes is 1. The number of rotatable bonds is 1. The summed E-state index contributed by atoms with van der Waals surface area (Å²) in [6.45, 7) is 0. The van der Waals surface area contributed by atoms with Gasteiger partial charge in [0.25, 0.3) is 0 Å². The van der Waals surface area contributed by atoms with Gasteiger partial charge >= 0.3 is 5.97 Å². The number of aliphatic hydroxyl groups is 1. The van der Waals surface area contributed by atoms with Crippen LogP contribution < -0.4 is 0 Å². The predicted molar refractivity (Wildman–Crippen MR) is 38.8 cm³/mol. The van der Waals surface area contributed by atoms with Crippen LogP contribution in [0.25, 0.3) is 0 Å². The van der Waals surface area contributed by atoms with Gasteiger partial charge < -0.3 is 10.2 Å². The molecule has 3 heteroatoms. The Balaban J connectivity index is 2.62. The maximum atomic E-state index is 10.4. The van der Waals surface area contributed by atoms with E-state index in [4.69, 9.17) is 11.5 Å². The molecule has 1 aliphatic carbocycles. The Morgan fingerprint density at radius 2 is 2.36 bits per heavy atom. The Morgan fingerprint density at radius 3 is 2.64 bits per heavy atom. The zero-order chi connectivity index (χ0) is 8.48. The highest BCUT2D eigenvalue weighted by atomic mass is 16.4. The molecule has 2 N–H and O–H groups in total. The third kappa shape index (κ3) is 1.52.